The molecule has 110 valence electrons. The molecule has 1 aromatic heterocycles. The molecule has 0 spiro atoms. The zero-order chi connectivity index (χ0) is 15.0. The molecule has 0 fully saturated rings. The number of aliphatic hydroxyl groups excluding tert-OH is 2. The number of rotatable bonds is 6. The van der Waals surface area contributed by atoms with Gasteiger partial charge in [0.15, 0.2) is 0 Å². The Morgan fingerprint density at radius 2 is 2.05 bits per heavy atom. The highest BCUT2D eigenvalue weighted by Crippen LogP contribution is 2.20. The van der Waals surface area contributed by atoms with Crippen molar-refractivity contribution in [2.24, 2.45) is 0 Å². The number of carbonyl (C=O) groups excluding carboxylic acids is 1. The summed E-state index contributed by atoms with van der Waals surface area (Å²) in [5.41, 5.74) is 0. The number of thiophene rings is 1. The molecule has 0 atom stereocenters. The van der Waals surface area contributed by atoms with Crippen molar-refractivity contribution in [1.82, 2.24) is 4.90 Å². The summed E-state index contributed by atoms with van der Waals surface area (Å²) < 4.78 is 0. The van der Waals surface area contributed by atoms with E-state index in [9.17, 15) is 4.79 Å². The lowest BCUT2D eigenvalue weighted by Gasteiger charge is -2.29. The molecule has 1 aromatic rings. The summed E-state index contributed by atoms with van der Waals surface area (Å²) in [6, 6.07) is 3.68. The summed E-state index contributed by atoms with van der Waals surface area (Å²) in [7, 11) is 0. The van der Waals surface area contributed by atoms with E-state index in [1.165, 1.54) is 11.3 Å². The van der Waals surface area contributed by atoms with Crippen LogP contribution >= 0.6 is 11.3 Å². The zero-order valence-corrected chi connectivity index (χ0v) is 12.7. The van der Waals surface area contributed by atoms with Gasteiger partial charge in [-0.15, -0.1) is 11.3 Å². The number of hydrogen-bond donors (Lipinski definition) is 2. The van der Waals surface area contributed by atoms with E-state index in [2.05, 4.69) is 11.8 Å². The first kappa shape index (κ1) is 16.7. The number of hydrogen-bond acceptors (Lipinski definition) is 4. The van der Waals surface area contributed by atoms with Gasteiger partial charge in [-0.25, -0.2) is 0 Å². The van der Waals surface area contributed by atoms with E-state index >= 15 is 0 Å². The Labute approximate surface area is 124 Å². The van der Waals surface area contributed by atoms with Gasteiger partial charge in [-0.1, -0.05) is 25.7 Å². The minimum atomic E-state index is -0.189. The number of amides is 1. The Hall–Kier alpha value is -1.35. The largest absolute Gasteiger partial charge is 0.395 e. The van der Waals surface area contributed by atoms with Gasteiger partial charge >= 0.3 is 0 Å². The Morgan fingerprint density at radius 3 is 2.60 bits per heavy atom. The highest BCUT2D eigenvalue weighted by Gasteiger charge is 2.22. The van der Waals surface area contributed by atoms with Crippen molar-refractivity contribution in [2.75, 3.05) is 19.8 Å². The van der Waals surface area contributed by atoms with Gasteiger partial charge in [0.25, 0.3) is 5.91 Å². The Morgan fingerprint density at radius 1 is 1.35 bits per heavy atom. The summed E-state index contributed by atoms with van der Waals surface area (Å²) >= 11 is 1.32. The minimum absolute atomic E-state index is 0.0369. The summed E-state index contributed by atoms with van der Waals surface area (Å²) in [5, 5.41) is 17.8. The SMILES string of the molecule is CCC(CC)N(CCO)C(=O)c1ccc(C#CCO)s1. The second-order valence-corrected chi connectivity index (χ2v) is 5.40. The van der Waals surface area contributed by atoms with Crippen LogP contribution in [0.2, 0.25) is 0 Å². The smallest absolute Gasteiger partial charge is 0.264 e. The van der Waals surface area contributed by atoms with Crippen molar-refractivity contribution < 1.29 is 15.0 Å². The lowest BCUT2D eigenvalue weighted by atomic mass is 10.1. The quantitative estimate of drug-likeness (QED) is 0.786. The first-order chi connectivity index (χ1) is 9.67. The molecular formula is C15H21NO3S. The first-order valence-electron chi connectivity index (χ1n) is 6.79. The number of aliphatic hydroxyl groups is 2. The highest BCUT2D eigenvalue weighted by molar-refractivity contribution is 7.14. The molecule has 4 nitrogen and oxygen atoms in total. The molecule has 1 rings (SSSR count). The van der Waals surface area contributed by atoms with Crippen LogP contribution in [-0.4, -0.2) is 46.8 Å². The fourth-order valence-electron chi connectivity index (χ4n) is 2.08. The molecule has 20 heavy (non-hydrogen) atoms. The van der Waals surface area contributed by atoms with E-state index in [-0.39, 0.29) is 25.2 Å². The molecule has 0 aliphatic heterocycles. The lowest BCUT2D eigenvalue weighted by molar-refractivity contribution is 0.0627. The third-order valence-corrected chi connectivity index (χ3v) is 4.08. The van der Waals surface area contributed by atoms with Crippen molar-refractivity contribution in [2.45, 2.75) is 32.7 Å². The maximum Gasteiger partial charge on any atom is 0.264 e. The molecule has 5 heteroatoms. The molecule has 0 bridgehead atoms. The van der Waals surface area contributed by atoms with Crippen LogP contribution in [0.25, 0.3) is 0 Å². The molecule has 0 saturated heterocycles. The summed E-state index contributed by atoms with van der Waals surface area (Å²) in [6.07, 6.45) is 1.73. The van der Waals surface area contributed by atoms with Crippen LogP contribution in [0, 0.1) is 11.8 Å². The van der Waals surface area contributed by atoms with Gasteiger partial charge < -0.3 is 15.1 Å². The maximum absolute atomic E-state index is 12.5. The van der Waals surface area contributed by atoms with E-state index in [4.69, 9.17) is 10.2 Å². The van der Waals surface area contributed by atoms with E-state index in [1.807, 2.05) is 13.8 Å². The molecule has 2 N–H and O–H groups in total. The van der Waals surface area contributed by atoms with Gasteiger partial charge in [-0.3, -0.25) is 4.79 Å². The van der Waals surface area contributed by atoms with Crippen molar-refractivity contribution in [3.63, 3.8) is 0 Å². The summed E-state index contributed by atoms with van der Waals surface area (Å²) in [4.78, 5) is 15.6. The van der Waals surface area contributed by atoms with E-state index in [0.29, 0.717) is 11.4 Å². The normalized spacial score (nSPS) is 10.2. The van der Waals surface area contributed by atoms with Crippen LogP contribution in [0.5, 0.6) is 0 Å². The van der Waals surface area contributed by atoms with Crippen LogP contribution in [0.1, 0.15) is 41.2 Å². The van der Waals surface area contributed by atoms with Crippen LogP contribution in [-0.2, 0) is 0 Å². The predicted octanol–water partition coefficient (Wildman–Crippen LogP) is 1.72. The molecule has 1 heterocycles. The summed E-state index contributed by atoms with van der Waals surface area (Å²) in [6.45, 7) is 4.20. The molecule has 0 radical (unpaired) electrons. The van der Waals surface area contributed by atoms with Gasteiger partial charge in [0.05, 0.1) is 16.4 Å². The average molecular weight is 295 g/mol. The predicted molar refractivity (Wildman–Crippen MR) is 80.8 cm³/mol. The van der Waals surface area contributed by atoms with Crippen molar-refractivity contribution in [3.05, 3.63) is 21.9 Å². The fraction of sp³-hybridized carbons (Fsp3) is 0.533. The van der Waals surface area contributed by atoms with Gasteiger partial charge in [0.2, 0.25) is 0 Å². The van der Waals surface area contributed by atoms with Gasteiger partial charge in [0, 0.05) is 12.6 Å². The second kappa shape index (κ2) is 8.75. The Balaban J connectivity index is 2.91. The molecule has 0 aliphatic carbocycles. The van der Waals surface area contributed by atoms with Crippen LogP contribution < -0.4 is 0 Å². The third-order valence-electron chi connectivity index (χ3n) is 3.09. The Kier molecular flexibility index (Phi) is 7.31. The molecule has 0 saturated carbocycles. The molecular weight excluding hydrogens is 274 g/mol. The number of nitrogens with zero attached hydrogens (tertiary/aromatic N) is 1. The average Bonchev–Trinajstić information content (AvgIpc) is 2.93. The lowest BCUT2D eigenvalue weighted by Crippen LogP contribution is -2.41. The van der Waals surface area contributed by atoms with Gasteiger partial charge in [-0.05, 0) is 25.0 Å². The van der Waals surface area contributed by atoms with Crippen molar-refractivity contribution >= 4 is 17.2 Å². The van der Waals surface area contributed by atoms with Crippen LogP contribution in [0.4, 0.5) is 0 Å². The van der Waals surface area contributed by atoms with Gasteiger partial charge in [-0.2, -0.15) is 0 Å². The zero-order valence-electron chi connectivity index (χ0n) is 11.9. The first-order valence-corrected chi connectivity index (χ1v) is 7.60. The maximum atomic E-state index is 12.5. The highest BCUT2D eigenvalue weighted by atomic mass is 32.1. The Bertz CT molecular complexity index is 483. The third kappa shape index (κ3) is 4.34. The molecule has 0 unspecified atom stereocenters. The standard InChI is InChI=1S/C15H21NO3S/c1-3-12(4-2)16(9-11-18)15(19)14-8-7-13(20-14)6-5-10-17/h7-8,12,17-18H,3-4,9-11H2,1-2H3. The van der Waals surface area contributed by atoms with Crippen LogP contribution in [0.15, 0.2) is 12.1 Å². The number of carbonyl (C=O) groups is 1. The van der Waals surface area contributed by atoms with E-state index < -0.39 is 0 Å². The molecule has 1 amide bonds. The van der Waals surface area contributed by atoms with E-state index in [0.717, 1.165) is 17.7 Å². The summed E-state index contributed by atoms with van der Waals surface area (Å²) in [5.74, 6) is 5.30. The fourth-order valence-corrected chi connectivity index (χ4v) is 2.91. The second-order valence-electron chi connectivity index (χ2n) is 4.32. The molecule has 0 aromatic carbocycles. The topological polar surface area (TPSA) is 60.8 Å². The minimum Gasteiger partial charge on any atom is -0.395 e. The van der Waals surface area contributed by atoms with Crippen molar-refractivity contribution in [1.29, 1.82) is 0 Å². The van der Waals surface area contributed by atoms with Gasteiger partial charge in [0.1, 0.15) is 6.61 Å². The van der Waals surface area contributed by atoms with Crippen molar-refractivity contribution in [3.8, 4) is 11.8 Å². The monoisotopic (exact) mass is 295 g/mol. The van der Waals surface area contributed by atoms with E-state index in [1.54, 1.807) is 17.0 Å². The van der Waals surface area contributed by atoms with Crippen LogP contribution in [0.3, 0.4) is 0 Å². The molecule has 0 aliphatic rings.